The monoisotopic (exact) mass is 256 g/mol. The highest BCUT2D eigenvalue weighted by atomic mass is 16.2. The first kappa shape index (κ1) is 12.6. The largest absolute Gasteiger partial charge is 0.397 e. The van der Waals surface area contributed by atoms with Crippen LogP contribution in [0, 0.1) is 0 Å². The van der Waals surface area contributed by atoms with Gasteiger partial charge in [-0.1, -0.05) is 0 Å². The molecule has 0 radical (unpaired) electrons. The molecule has 0 saturated heterocycles. The molecular formula is C13H12N4O2. The van der Waals surface area contributed by atoms with Gasteiger partial charge in [-0.25, -0.2) is 0 Å². The minimum Gasteiger partial charge on any atom is -0.397 e. The van der Waals surface area contributed by atoms with Crippen LogP contribution in [0.15, 0.2) is 42.7 Å². The van der Waals surface area contributed by atoms with Crippen LogP contribution in [0.1, 0.15) is 20.7 Å². The van der Waals surface area contributed by atoms with Crippen molar-refractivity contribution in [3.8, 4) is 0 Å². The Morgan fingerprint density at radius 2 is 1.74 bits per heavy atom. The van der Waals surface area contributed by atoms with Crippen LogP contribution in [-0.4, -0.2) is 16.8 Å². The van der Waals surface area contributed by atoms with Gasteiger partial charge in [0.05, 0.1) is 11.3 Å². The van der Waals surface area contributed by atoms with E-state index in [1.165, 1.54) is 30.6 Å². The summed E-state index contributed by atoms with van der Waals surface area (Å²) < 4.78 is 0. The van der Waals surface area contributed by atoms with Gasteiger partial charge in [0.15, 0.2) is 0 Å². The summed E-state index contributed by atoms with van der Waals surface area (Å²) in [6.45, 7) is 0. The van der Waals surface area contributed by atoms with E-state index in [4.69, 9.17) is 11.5 Å². The van der Waals surface area contributed by atoms with Gasteiger partial charge in [-0.15, -0.1) is 0 Å². The summed E-state index contributed by atoms with van der Waals surface area (Å²) in [7, 11) is 0. The summed E-state index contributed by atoms with van der Waals surface area (Å²) in [5.41, 5.74) is 12.4. The van der Waals surface area contributed by atoms with Gasteiger partial charge < -0.3 is 16.8 Å². The first-order chi connectivity index (χ1) is 9.06. The number of nitrogens with one attached hydrogen (secondary N) is 1. The summed E-state index contributed by atoms with van der Waals surface area (Å²) in [4.78, 5) is 26.6. The van der Waals surface area contributed by atoms with Crippen molar-refractivity contribution in [3.05, 3.63) is 53.9 Å². The average molecular weight is 256 g/mol. The van der Waals surface area contributed by atoms with E-state index in [1.807, 2.05) is 0 Å². The van der Waals surface area contributed by atoms with Gasteiger partial charge in [0.2, 0.25) is 5.91 Å². The Labute approximate surface area is 109 Å². The van der Waals surface area contributed by atoms with Crippen molar-refractivity contribution in [3.63, 3.8) is 0 Å². The molecule has 2 amide bonds. The van der Waals surface area contributed by atoms with Gasteiger partial charge in [-0.05, 0) is 30.3 Å². The Morgan fingerprint density at radius 3 is 2.32 bits per heavy atom. The van der Waals surface area contributed by atoms with E-state index >= 15 is 0 Å². The molecule has 2 rings (SSSR count). The van der Waals surface area contributed by atoms with Gasteiger partial charge in [-0.2, -0.15) is 0 Å². The summed E-state index contributed by atoms with van der Waals surface area (Å²) in [5.74, 6) is -0.843. The van der Waals surface area contributed by atoms with Gasteiger partial charge in [-0.3, -0.25) is 14.6 Å². The highest BCUT2D eigenvalue weighted by Crippen LogP contribution is 2.12. The molecule has 5 N–H and O–H groups in total. The zero-order chi connectivity index (χ0) is 13.8. The van der Waals surface area contributed by atoms with Crippen LogP contribution >= 0.6 is 0 Å². The number of pyridine rings is 1. The van der Waals surface area contributed by atoms with E-state index in [-0.39, 0.29) is 5.91 Å². The number of hydrogen-bond acceptors (Lipinski definition) is 4. The molecule has 2 aromatic rings. The maximum absolute atomic E-state index is 11.9. The zero-order valence-electron chi connectivity index (χ0n) is 9.96. The number of nitrogens with two attached hydrogens (primary N) is 2. The second-order valence-electron chi connectivity index (χ2n) is 3.90. The lowest BCUT2D eigenvalue weighted by Crippen LogP contribution is -2.13. The lowest BCUT2D eigenvalue weighted by Gasteiger charge is -2.05. The van der Waals surface area contributed by atoms with Crippen LogP contribution in [0.4, 0.5) is 11.4 Å². The molecule has 0 aliphatic carbocycles. The number of rotatable bonds is 3. The van der Waals surface area contributed by atoms with Crippen molar-refractivity contribution in [2.24, 2.45) is 5.73 Å². The van der Waals surface area contributed by atoms with Gasteiger partial charge in [0.1, 0.15) is 0 Å². The summed E-state index contributed by atoms with van der Waals surface area (Å²) in [5, 5.41) is 2.66. The topological polar surface area (TPSA) is 111 Å². The Hall–Kier alpha value is -2.89. The van der Waals surface area contributed by atoms with Crippen LogP contribution < -0.4 is 16.8 Å². The standard InChI is InChI=1S/C13H12N4O2/c14-10-5-9(6-16-7-10)13(19)17-11-3-1-8(2-4-11)12(15)18/h1-7H,14H2,(H2,15,18)(H,17,19). The minimum atomic E-state index is -0.516. The van der Waals surface area contributed by atoms with Crippen molar-refractivity contribution in [2.75, 3.05) is 11.1 Å². The van der Waals surface area contributed by atoms with Crippen LogP contribution in [0.25, 0.3) is 0 Å². The Morgan fingerprint density at radius 1 is 1.05 bits per heavy atom. The molecule has 1 aromatic heterocycles. The quantitative estimate of drug-likeness (QED) is 0.761. The number of carbonyl (C=O) groups is 2. The molecular weight excluding hydrogens is 244 g/mol. The lowest BCUT2D eigenvalue weighted by molar-refractivity contribution is 0.0998. The molecule has 0 saturated carbocycles. The minimum absolute atomic E-state index is 0.327. The molecule has 19 heavy (non-hydrogen) atoms. The molecule has 0 spiro atoms. The number of carbonyl (C=O) groups excluding carboxylic acids is 2. The molecule has 0 aliphatic rings. The molecule has 6 heteroatoms. The Balaban J connectivity index is 2.13. The third-order valence-corrected chi connectivity index (χ3v) is 2.45. The van der Waals surface area contributed by atoms with Crippen molar-refractivity contribution in [1.82, 2.24) is 4.98 Å². The van der Waals surface area contributed by atoms with E-state index in [0.717, 1.165) is 0 Å². The first-order valence-corrected chi connectivity index (χ1v) is 5.48. The molecule has 1 aromatic carbocycles. The molecule has 0 aliphatic heterocycles. The number of amides is 2. The predicted octanol–water partition coefficient (Wildman–Crippen LogP) is 1.01. The van der Waals surface area contributed by atoms with E-state index in [1.54, 1.807) is 12.1 Å². The number of primary amides is 1. The molecule has 96 valence electrons. The third kappa shape index (κ3) is 3.06. The van der Waals surface area contributed by atoms with Gasteiger partial charge >= 0.3 is 0 Å². The van der Waals surface area contributed by atoms with E-state index in [9.17, 15) is 9.59 Å². The SMILES string of the molecule is NC(=O)c1ccc(NC(=O)c2cncc(N)c2)cc1. The number of nitrogens with zero attached hydrogens (tertiary/aromatic N) is 1. The second-order valence-corrected chi connectivity index (χ2v) is 3.90. The van der Waals surface area contributed by atoms with Gasteiger partial charge in [0, 0.05) is 23.6 Å². The molecule has 1 heterocycles. The van der Waals surface area contributed by atoms with Crippen LogP contribution in [0.3, 0.4) is 0 Å². The fraction of sp³-hybridized carbons (Fsp3) is 0. The Bertz CT molecular complexity index is 623. The van der Waals surface area contributed by atoms with Crippen LogP contribution in [-0.2, 0) is 0 Å². The molecule has 6 nitrogen and oxygen atoms in total. The first-order valence-electron chi connectivity index (χ1n) is 5.48. The second kappa shape index (κ2) is 5.18. The molecule has 0 fully saturated rings. The van der Waals surface area contributed by atoms with Crippen molar-refractivity contribution < 1.29 is 9.59 Å². The fourth-order valence-electron chi connectivity index (χ4n) is 1.50. The highest BCUT2D eigenvalue weighted by Gasteiger charge is 2.07. The third-order valence-electron chi connectivity index (χ3n) is 2.45. The number of hydrogen-bond donors (Lipinski definition) is 3. The van der Waals surface area contributed by atoms with Gasteiger partial charge in [0.25, 0.3) is 5.91 Å². The summed E-state index contributed by atoms with van der Waals surface area (Å²) in [6.07, 6.45) is 2.88. The predicted molar refractivity (Wildman–Crippen MR) is 71.6 cm³/mol. The van der Waals surface area contributed by atoms with E-state index in [0.29, 0.717) is 22.5 Å². The van der Waals surface area contributed by atoms with Crippen LogP contribution in [0.2, 0.25) is 0 Å². The lowest BCUT2D eigenvalue weighted by atomic mass is 10.2. The summed E-state index contributed by atoms with van der Waals surface area (Å²) >= 11 is 0. The average Bonchev–Trinajstić information content (AvgIpc) is 2.39. The summed E-state index contributed by atoms with van der Waals surface area (Å²) in [6, 6.07) is 7.79. The maximum Gasteiger partial charge on any atom is 0.257 e. The van der Waals surface area contributed by atoms with Crippen LogP contribution in [0.5, 0.6) is 0 Å². The number of benzene rings is 1. The van der Waals surface area contributed by atoms with E-state index < -0.39 is 5.91 Å². The Kier molecular flexibility index (Phi) is 3.42. The van der Waals surface area contributed by atoms with E-state index in [2.05, 4.69) is 10.3 Å². The highest BCUT2D eigenvalue weighted by molar-refractivity contribution is 6.04. The number of nitrogen functional groups attached to an aromatic ring is 1. The molecule has 0 atom stereocenters. The van der Waals surface area contributed by atoms with Crippen molar-refractivity contribution >= 4 is 23.2 Å². The van der Waals surface area contributed by atoms with Crippen molar-refractivity contribution in [2.45, 2.75) is 0 Å². The maximum atomic E-state index is 11.9. The zero-order valence-corrected chi connectivity index (χ0v) is 9.96. The van der Waals surface area contributed by atoms with Crippen molar-refractivity contribution in [1.29, 1.82) is 0 Å². The fourth-order valence-corrected chi connectivity index (χ4v) is 1.50. The normalized spacial score (nSPS) is 9.89. The number of aromatic nitrogens is 1. The smallest absolute Gasteiger partial charge is 0.257 e. The number of anilines is 2. The molecule has 0 unspecified atom stereocenters. The molecule has 0 bridgehead atoms.